The Morgan fingerprint density at radius 2 is 1.61 bits per heavy atom. The number of hydrogen-bond donors (Lipinski definition) is 2. The molecule has 0 aliphatic carbocycles. The zero-order valence-corrected chi connectivity index (χ0v) is 16.9. The minimum atomic E-state index is -0.182. The zero-order valence-electron chi connectivity index (χ0n) is 16.9. The number of anilines is 1. The third-order valence-electron chi connectivity index (χ3n) is 4.75. The van der Waals surface area contributed by atoms with Gasteiger partial charge < -0.3 is 5.32 Å². The number of hydrogen-bond acceptors (Lipinski definition) is 3. The van der Waals surface area contributed by atoms with Crippen LogP contribution in [0, 0.1) is 0 Å². The summed E-state index contributed by atoms with van der Waals surface area (Å²) in [5.74, 6) is -0.182. The van der Waals surface area contributed by atoms with E-state index in [4.69, 9.17) is 0 Å². The fourth-order valence-electron chi connectivity index (χ4n) is 3.02. The molecule has 2 N–H and O–H groups in total. The summed E-state index contributed by atoms with van der Waals surface area (Å²) in [6.45, 7) is 8.61. The fraction of sp³-hybridized carbons (Fsp3) is 0.250. The maximum Gasteiger partial charge on any atom is 0.259 e. The van der Waals surface area contributed by atoms with Gasteiger partial charge in [0.2, 0.25) is 0 Å². The van der Waals surface area contributed by atoms with E-state index in [0.29, 0.717) is 0 Å². The van der Waals surface area contributed by atoms with Crippen LogP contribution >= 0.6 is 0 Å². The molecule has 0 heterocycles. The quantitative estimate of drug-likeness (QED) is 0.483. The van der Waals surface area contributed by atoms with E-state index in [1.807, 2.05) is 49.4 Å². The number of rotatable bonds is 5. The van der Waals surface area contributed by atoms with Gasteiger partial charge in [0, 0.05) is 11.1 Å². The van der Waals surface area contributed by atoms with Gasteiger partial charge in [0.1, 0.15) is 0 Å². The lowest BCUT2D eigenvalue weighted by atomic mass is 9.86. The number of nitrogens with one attached hydrogen (secondary N) is 2. The van der Waals surface area contributed by atoms with Crippen LogP contribution in [0.4, 0.5) is 5.69 Å². The van der Waals surface area contributed by atoms with Crippen molar-refractivity contribution in [2.45, 2.75) is 33.1 Å². The molecule has 0 unspecified atom stereocenters. The minimum Gasteiger partial charge on any atom is -0.376 e. The van der Waals surface area contributed by atoms with Crippen molar-refractivity contribution < 1.29 is 4.79 Å². The van der Waals surface area contributed by atoms with Gasteiger partial charge in [-0.15, -0.1) is 0 Å². The Morgan fingerprint density at radius 3 is 2.32 bits per heavy atom. The van der Waals surface area contributed by atoms with Gasteiger partial charge in [0.15, 0.2) is 0 Å². The van der Waals surface area contributed by atoms with E-state index >= 15 is 0 Å². The second-order valence-electron chi connectivity index (χ2n) is 7.94. The highest BCUT2D eigenvalue weighted by molar-refractivity contribution is 5.99. The third-order valence-corrected chi connectivity index (χ3v) is 4.75. The molecule has 0 aliphatic rings. The van der Waals surface area contributed by atoms with Crippen LogP contribution in [0.3, 0.4) is 0 Å². The number of nitrogens with zero attached hydrogens (tertiary/aromatic N) is 1. The number of carbonyl (C=O) groups is 1. The molecule has 0 fully saturated rings. The van der Waals surface area contributed by atoms with Crippen molar-refractivity contribution in [3.05, 3.63) is 77.9 Å². The number of hydrazone groups is 1. The van der Waals surface area contributed by atoms with Crippen LogP contribution in [0.2, 0.25) is 0 Å². The molecular weight excluding hydrogens is 346 g/mol. The number of fused-ring (bicyclic) bond motifs is 1. The van der Waals surface area contributed by atoms with Crippen molar-refractivity contribution in [2.75, 3.05) is 11.9 Å². The SMILES string of the molecule is C/C(=N/NC(=O)CNc1cccc2ccccc12)c1ccc(C(C)(C)C)cc1. The molecule has 144 valence electrons. The van der Waals surface area contributed by atoms with Crippen molar-refractivity contribution >= 4 is 28.1 Å². The van der Waals surface area contributed by atoms with E-state index in [1.165, 1.54) is 5.56 Å². The second kappa shape index (κ2) is 8.26. The maximum absolute atomic E-state index is 12.2. The van der Waals surface area contributed by atoms with E-state index < -0.39 is 0 Å². The lowest BCUT2D eigenvalue weighted by Gasteiger charge is -2.19. The van der Waals surface area contributed by atoms with Gasteiger partial charge in [-0.25, -0.2) is 5.43 Å². The van der Waals surface area contributed by atoms with Gasteiger partial charge in [-0.1, -0.05) is 81.4 Å². The summed E-state index contributed by atoms with van der Waals surface area (Å²) in [6, 6.07) is 22.4. The van der Waals surface area contributed by atoms with Crippen LogP contribution in [-0.4, -0.2) is 18.2 Å². The Labute approximate surface area is 166 Å². The van der Waals surface area contributed by atoms with Crippen molar-refractivity contribution in [1.82, 2.24) is 5.43 Å². The van der Waals surface area contributed by atoms with Crippen molar-refractivity contribution in [2.24, 2.45) is 5.10 Å². The molecule has 4 nitrogen and oxygen atoms in total. The predicted octanol–water partition coefficient (Wildman–Crippen LogP) is 5.09. The molecule has 4 heteroatoms. The summed E-state index contributed by atoms with van der Waals surface area (Å²) >= 11 is 0. The van der Waals surface area contributed by atoms with Crippen LogP contribution in [0.25, 0.3) is 10.8 Å². The molecule has 0 saturated carbocycles. The number of benzene rings is 3. The van der Waals surface area contributed by atoms with E-state index in [-0.39, 0.29) is 17.9 Å². The van der Waals surface area contributed by atoms with Crippen molar-refractivity contribution in [3.63, 3.8) is 0 Å². The smallest absolute Gasteiger partial charge is 0.259 e. The summed E-state index contributed by atoms with van der Waals surface area (Å²) in [7, 11) is 0. The minimum absolute atomic E-state index is 0.116. The Hall–Kier alpha value is -3.14. The summed E-state index contributed by atoms with van der Waals surface area (Å²) in [4.78, 5) is 12.2. The van der Waals surface area contributed by atoms with Crippen molar-refractivity contribution in [3.8, 4) is 0 Å². The average molecular weight is 374 g/mol. The normalized spacial score (nSPS) is 12.1. The molecule has 0 spiro atoms. The highest BCUT2D eigenvalue weighted by Crippen LogP contribution is 2.23. The van der Waals surface area contributed by atoms with Gasteiger partial charge in [-0.2, -0.15) is 5.10 Å². The monoisotopic (exact) mass is 373 g/mol. The standard InChI is InChI=1S/C24H27N3O/c1-17(18-12-14-20(15-13-18)24(2,3)4)26-27-23(28)16-25-22-11-7-9-19-8-5-6-10-21(19)22/h5-15,25H,16H2,1-4H3,(H,27,28)/b26-17-. The van der Waals surface area contributed by atoms with Crippen LogP contribution < -0.4 is 10.7 Å². The van der Waals surface area contributed by atoms with Crippen molar-refractivity contribution in [1.29, 1.82) is 0 Å². The third kappa shape index (κ3) is 4.77. The molecule has 0 radical (unpaired) electrons. The Morgan fingerprint density at radius 1 is 0.929 bits per heavy atom. The lowest BCUT2D eigenvalue weighted by molar-refractivity contribution is -0.119. The van der Waals surface area contributed by atoms with Crippen LogP contribution in [-0.2, 0) is 10.2 Å². The highest BCUT2D eigenvalue weighted by Gasteiger charge is 2.13. The van der Waals surface area contributed by atoms with Crippen LogP contribution in [0.1, 0.15) is 38.8 Å². The topological polar surface area (TPSA) is 53.5 Å². The average Bonchev–Trinajstić information content (AvgIpc) is 2.69. The van der Waals surface area contributed by atoms with Gasteiger partial charge in [-0.05, 0) is 34.9 Å². The number of carbonyl (C=O) groups excluding carboxylic acids is 1. The van der Waals surface area contributed by atoms with Crippen LogP contribution in [0.5, 0.6) is 0 Å². The molecule has 0 bridgehead atoms. The fourth-order valence-corrected chi connectivity index (χ4v) is 3.02. The molecule has 3 rings (SSSR count). The zero-order chi connectivity index (χ0) is 20.1. The Kier molecular flexibility index (Phi) is 5.78. The van der Waals surface area contributed by atoms with Gasteiger partial charge >= 0.3 is 0 Å². The van der Waals surface area contributed by atoms with E-state index in [2.05, 4.69) is 60.9 Å². The first-order valence-corrected chi connectivity index (χ1v) is 9.50. The molecule has 1 amide bonds. The molecule has 0 atom stereocenters. The lowest BCUT2D eigenvalue weighted by Crippen LogP contribution is -2.26. The molecule has 28 heavy (non-hydrogen) atoms. The van der Waals surface area contributed by atoms with E-state index in [1.54, 1.807) is 0 Å². The molecule has 0 aromatic heterocycles. The van der Waals surface area contributed by atoms with Gasteiger partial charge in [0.05, 0.1) is 12.3 Å². The first kappa shape index (κ1) is 19.6. The van der Waals surface area contributed by atoms with Gasteiger partial charge in [0.25, 0.3) is 5.91 Å². The summed E-state index contributed by atoms with van der Waals surface area (Å²) in [6.07, 6.45) is 0. The maximum atomic E-state index is 12.2. The second-order valence-corrected chi connectivity index (χ2v) is 7.94. The first-order valence-electron chi connectivity index (χ1n) is 9.50. The Balaban J connectivity index is 1.60. The molecular formula is C24H27N3O. The van der Waals surface area contributed by atoms with E-state index in [9.17, 15) is 4.79 Å². The highest BCUT2D eigenvalue weighted by atomic mass is 16.2. The molecule has 3 aromatic rings. The predicted molar refractivity (Wildman–Crippen MR) is 118 cm³/mol. The molecule has 3 aromatic carbocycles. The molecule has 0 saturated heterocycles. The summed E-state index contributed by atoms with van der Waals surface area (Å²) in [5, 5.41) is 9.66. The largest absolute Gasteiger partial charge is 0.376 e. The summed E-state index contributed by atoms with van der Waals surface area (Å²) in [5.41, 5.74) is 6.73. The number of amides is 1. The van der Waals surface area contributed by atoms with Crippen LogP contribution in [0.15, 0.2) is 71.8 Å². The summed E-state index contributed by atoms with van der Waals surface area (Å²) < 4.78 is 0. The first-order chi connectivity index (χ1) is 13.3. The van der Waals surface area contributed by atoms with E-state index in [0.717, 1.165) is 27.7 Å². The Bertz CT molecular complexity index is 993. The molecule has 0 aliphatic heterocycles. The van der Waals surface area contributed by atoms with Gasteiger partial charge in [-0.3, -0.25) is 4.79 Å².